The van der Waals surface area contributed by atoms with Crippen LogP contribution in [0.1, 0.15) is 18.4 Å². The van der Waals surface area contributed by atoms with Gasteiger partial charge in [0.15, 0.2) is 6.61 Å². The van der Waals surface area contributed by atoms with E-state index in [1.54, 1.807) is 4.90 Å². The number of amides is 2. The fourth-order valence-corrected chi connectivity index (χ4v) is 4.05. The first-order valence-electron chi connectivity index (χ1n) is 10.8. The Morgan fingerprint density at radius 2 is 1.73 bits per heavy atom. The summed E-state index contributed by atoms with van der Waals surface area (Å²) in [5.74, 6) is 0.788. The third kappa shape index (κ3) is 5.19. The number of carbonyl (C=O) groups excluding carboxylic acids is 2. The summed E-state index contributed by atoms with van der Waals surface area (Å²) < 4.78 is 5.75. The number of rotatable bonds is 7. The predicted molar refractivity (Wildman–Crippen MR) is 117 cm³/mol. The Balaban J connectivity index is 1.21. The molecule has 6 heteroatoms. The van der Waals surface area contributed by atoms with Crippen molar-refractivity contribution < 1.29 is 14.3 Å². The van der Waals surface area contributed by atoms with E-state index in [1.165, 1.54) is 5.56 Å². The molecule has 158 valence electrons. The lowest BCUT2D eigenvalue weighted by Crippen LogP contribution is -2.50. The molecule has 0 aliphatic carbocycles. The number of anilines is 1. The second-order valence-electron chi connectivity index (χ2n) is 7.89. The zero-order chi connectivity index (χ0) is 20.8. The summed E-state index contributed by atoms with van der Waals surface area (Å²) in [7, 11) is 0. The molecule has 2 aliphatic rings. The standard InChI is InChI=1S/C24H29N3O3/c28-23-10-5-12-27(23)21-8-4-9-22(18-21)30-19-24(29)26-16-14-25(15-17-26)13-11-20-6-2-1-3-7-20/h1-4,6-9,18H,5,10-17,19H2. The molecule has 0 radical (unpaired) electrons. The molecule has 0 atom stereocenters. The number of ether oxygens (including phenoxy) is 1. The van der Waals surface area contributed by atoms with Gasteiger partial charge in [-0.15, -0.1) is 0 Å². The summed E-state index contributed by atoms with van der Waals surface area (Å²) in [5.41, 5.74) is 2.19. The molecular weight excluding hydrogens is 378 g/mol. The van der Waals surface area contributed by atoms with Gasteiger partial charge in [0.25, 0.3) is 5.91 Å². The highest BCUT2D eigenvalue weighted by Gasteiger charge is 2.23. The SMILES string of the molecule is O=C(COc1cccc(N2CCCC2=O)c1)N1CCN(CCc2ccccc2)CC1. The van der Waals surface area contributed by atoms with Crippen molar-refractivity contribution in [3.8, 4) is 5.75 Å². The Labute approximate surface area is 178 Å². The fraction of sp³-hybridized carbons (Fsp3) is 0.417. The van der Waals surface area contributed by atoms with Crippen LogP contribution in [0.4, 0.5) is 5.69 Å². The average Bonchev–Trinajstić information content (AvgIpc) is 3.23. The van der Waals surface area contributed by atoms with Crippen LogP contribution in [0.5, 0.6) is 5.75 Å². The van der Waals surface area contributed by atoms with E-state index in [9.17, 15) is 9.59 Å². The van der Waals surface area contributed by atoms with Gasteiger partial charge in [-0.2, -0.15) is 0 Å². The topological polar surface area (TPSA) is 53.1 Å². The molecule has 30 heavy (non-hydrogen) atoms. The van der Waals surface area contributed by atoms with Crippen LogP contribution in [0.15, 0.2) is 54.6 Å². The fourth-order valence-electron chi connectivity index (χ4n) is 4.05. The van der Waals surface area contributed by atoms with Crippen molar-refractivity contribution in [3.63, 3.8) is 0 Å². The Kier molecular flexibility index (Phi) is 6.64. The van der Waals surface area contributed by atoms with Gasteiger partial charge in [0.05, 0.1) is 0 Å². The quantitative estimate of drug-likeness (QED) is 0.708. The van der Waals surface area contributed by atoms with Crippen LogP contribution in [-0.4, -0.2) is 67.5 Å². The number of hydrogen-bond acceptors (Lipinski definition) is 4. The Morgan fingerprint density at radius 1 is 0.933 bits per heavy atom. The molecule has 2 saturated heterocycles. The minimum atomic E-state index is 0.0142. The maximum atomic E-state index is 12.6. The minimum absolute atomic E-state index is 0.0142. The van der Waals surface area contributed by atoms with Gasteiger partial charge in [-0.05, 0) is 30.5 Å². The van der Waals surface area contributed by atoms with Crippen molar-refractivity contribution >= 4 is 17.5 Å². The molecular formula is C24H29N3O3. The molecule has 2 amide bonds. The van der Waals surface area contributed by atoms with Gasteiger partial charge < -0.3 is 14.5 Å². The Morgan fingerprint density at radius 3 is 2.47 bits per heavy atom. The molecule has 2 aromatic rings. The molecule has 0 spiro atoms. The lowest BCUT2D eigenvalue weighted by atomic mass is 10.1. The zero-order valence-corrected chi connectivity index (χ0v) is 17.3. The lowest BCUT2D eigenvalue weighted by Gasteiger charge is -2.34. The largest absolute Gasteiger partial charge is 0.484 e. The summed E-state index contributed by atoms with van der Waals surface area (Å²) in [5, 5.41) is 0. The number of nitrogens with zero attached hydrogens (tertiary/aromatic N) is 3. The Hall–Kier alpha value is -2.86. The van der Waals surface area contributed by atoms with Gasteiger partial charge in [0, 0.05) is 57.4 Å². The lowest BCUT2D eigenvalue weighted by molar-refractivity contribution is -0.135. The molecule has 4 rings (SSSR count). The van der Waals surface area contributed by atoms with E-state index >= 15 is 0 Å². The van der Waals surface area contributed by atoms with E-state index in [1.807, 2.05) is 35.2 Å². The molecule has 2 aliphatic heterocycles. The van der Waals surface area contributed by atoms with Crippen molar-refractivity contribution in [1.29, 1.82) is 0 Å². The van der Waals surface area contributed by atoms with Crippen molar-refractivity contribution in [3.05, 3.63) is 60.2 Å². The first kappa shape index (κ1) is 20.4. The maximum absolute atomic E-state index is 12.6. The van der Waals surface area contributed by atoms with E-state index in [-0.39, 0.29) is 18.4 Å². The minimum Gasteiger partial charge on any atom is -0.484 e. The van der Waals surface area contributed by atoms with Crippen LogP contribution >= 0.6 is 0 Å². The summed E-state index contributed by atoms with van der Waals surface area (Å²) in [6.45, 7) is 5.05. The third-order valence-corrected chi connectivity index (χ3v) is 5.85. The summed E-state index contributed by atoms with van der Waals surface area (Å²) in [6.07, 6.45) is 2.52. The highest BCUT2D eigenvalue weighted by molar-refractivity contribution is 5.95. The van der Waals surface area contributed by atoms with Crippen molar-refractivity contribution in [1.82, 2.24) is 9.80 Å². The van der Waals surface area contributed by atoms with Crippen LogP contribution < -0.4 is 9.64 Å². The van der Waals surface area contributed by atoms with Crippen LogP contribution in [0.3, 0.4) is 0 Å². The van der Waals surface area contributed by atoms with Crippen LogP contribution in [0.2, 0.25) is 0 Å². The van der Waals surface area contributed by atoms with Crippen LogP contribution in [0.25, 0.3) is 0 Å². The highest BCUT2D eigenvalue weighted by atomic mass is 16.5. The predicted octanol–water partition coefficient (Wildman–Crippen LogP) is 2.58. The van der Waals surface area contributed by atoms with Crippen LogP contribution in [-0.2, 0) is 16.0 Å². The Bertz CT molecular complexity index is 863. The van der Waals surface area contributed by atoms with E-state index in [2.05, 4.69) is 29.2 Å². The first-order valence-corrected chi connectivity index (χ1v) is 10.8. The third-order valence-electron chi connectivity index (χ3n) is 5.85. The average molecular weight is 408 g/mol. The molecule has 0 unspecified atom stereocenters. The number of carbonyl (C=O) groups is 2. The van der Waals surface area contributed by atoms with Gasteiger partial charge in [-0.3, -0.25) is 14.5 Å². The first-order chi connectivity index (χ1) is 14.7. The maximum Gasteiger partial charge on any atom is 0.260 e. The molecule has 2 aromatic carbocycles. The van der Waals surface area contributed by atoms with Gasteiger partial charge in [0.2, 0.25) is 5.91 Å². The molecule has 0 bridgehead atoms. The zero-order valence-electron chi connectivity index (χ0n) is 17.3. The van der Waals surface area contributed by atoms with Gasteiger partial charge >= 0.3 is 0 Å². The van der Waals surface area contributed by atoms with Gasteiger partial charge in [-0.25, -0.2) is 0 Å². The van der Waals surface area contributed by atoms with Gasteiger partial charge in [0.1, 0.15) is 5.75 Å². The molecule has 0 N–H and O–H groups in total. The molecule has 0 saturated carbocycles. The smallest absolute Gasteiger partial charge is 0.260 e. The van der Waals surface area contributed by atoms with E-state index in [0.29, 0.717) is 12.2 Å². The summed E-state index contributed by atoms with van der Waals surface area (Å²) in [6, 6.07) is 18.0. The number of benzene rings is 2. The van der Waals surface area contributed by atoms with E-state index in [0.717, 1.165) is 57.8 Å². The monoisotopic (exact) mass is 407 g/mol. The molecule has 6 nitrogen and oxygen atoms in total. The summed E-state index contributed by atoms with van der Waals surface area (Å²) in [4.78, 5) is 30.6. The van der Waals surface area contributed by atoms with Crippen LogP contribution in [0, 0.1) is 0 Å². The summed E-state index contributed by atoms with van der Waals surface area (Å²) >= 11 is 0. The molecule has 2 heterocycles. The molecule has 0 aromatic heterocycles. The van der Waals surface area contributed by atoms with Crippen molar-refractivity contribution in [2.75, 3.05) is 50.8 Å². The van der Waals surface area contributed by atoms with Crippen molar-refractivity contribution in [2.45, 2.75) is 19.3 Å². The van der Waals surface area contributed by atoms with Crippen molar-refractivity contribution in [2.24, 2.45) is 0 Å². The number of hydrogen-bond donors (Lipinski definition) is 0. The second kappa shape index (κ2) is 9.76. The number of piperazine rings is 1. The normalized spacial score (nSPS) is 17.4. The molecule has 2 fully saturated rings. The van der Waals surface area contributed by atoms with Gasteiger partial charge in [-0.1, -0.05) is 36.4 Å². The van der Waals surface area contributed by atoms with E-state index < -0.39 is 0 Å². The van der Waals surface area contributed by atoms with E-state index in [4.69, 9.17) is 4.74 Å². The second-order valence-corrected chi connectivity index (χ2v) is 7.89. The highest BCUT2D eigenvalue weighted by Crippen LogP contribution is 2.25.